The summed E-state index contributed by atoms with van der Waals surface area (Å²) in [6.45, 7) is 1.14. The Labute approximate surface area is 260 Å². The molecule has 0 radical (unpaired) electrons. The number of carboxylic acids is 4. The van der Waals surface area contributed by atoms with Crippen LogP contribution in [0.5, 0.6) is 0 Å². The molecule has 12 nitrogen and oxygen atoms in total. The van der Waals surface area contributed by atoms with Gasteiger partial charge in [-0.2, -0.15) is 0 Å². The highest BCUT2D eigenvalue weighted by Crippen LogP contribution is 1.98. The van der Waals surface area contributed by atoms with E-state index in [9.17, 15) is 19.2 Å². The van der Waals surface area contributed by atoms with Crippen LogP contribution in [0.25, 0.3) is 0 Å². The lowest BCUT2D eigenvalue weighted by Gasteiger charge is -1.90. The summed E-state index contributed by atoms with van der Waals surface area (Å²) in [5.41, 5.74) is 1.32. The van der Waals surface area contributed by atoms with Crippen LogP contribution in [0.1, 0.15) is 48.4 Å². The molecule has 45 heavy (non-hydrogen) atoms. The van der Waals surface area contributed by atoms with Crippen LogP contribution in [-0.4, -0.2) is 90.7 Å². The Hall–Kier alpha value is -5.40. The molecule has 0 fully saturated rings. The normalized spacial score (nSPS) is 9.44. The van der Waals surface area contributed by atoms with E-state index >= 15 is 0 Å². The summed E-state index contributed by atoms with van der Waals surface area (Å²) >= 11 is 0. The fourth-order valence-corrected chi connectivity index (χ4v) is 2.32. The molecule has 4 aromatic rings. The molecule has 0 saturated heterocycles. The van der Waals surface area contributed by atoms with E-state index in [1.165, 1.54) is 6.92 Å². The van der Waals surface area contributed by atoms with Crippen LogP contribution in [-0.2, 0) is 0 Å². The van der Waals surface area contributed by atoms with Crippen molar-refractivity contribution in [1.29, 1.82) is 0 Å². The number of carbonyl (C=O) groups is 4. The van der Waals surface area contributed by atoms with E-state index in [4.69, 9.17) is 40.9 Å². The maximum absolute atomic E-state index is 10.2. The zero-order valence-corrected chi connectivity index (χ0v) is 24.5. The smallest absolute Gasteiger partial charge is 0.335 e. The molecular formula is C33H38O12. The second-order valence-electron chi connectivity index (χ2n) is 8.16. The van der Waals surface area contributed by atoms with Crippen molar-refractivity contribution in [3.63, 3.8) is 0 Å². The molecule has 4 aromatic carbocycles. The largest absolute Gasteiger partial charge is 0.478 e. The lowest BCUT2D eigenvalue weighted by atomic mass is 10.2. The third-order valence-corrected chi connectivity index (χ3v) is 4.45. The van der Waals surface area contributed by atoms with Crippen LogP contribution < -0.4 is 0 Å². The highest BCUT2D eigenvalue weighted by Gasteiger charge is 1.98. The van der Waals surface area contributed by atoms with Crippen molar-refractivity contribution in [2.75, 3.05) is 19.8 Å². The van der Waals surface area contributed by atoms with Crippen molar-refractivity contribution in [3.8, 4) is 0 Å². The fourth-order valence-electron chi connectivity index (χ4n) is 2.32. The molecule has 0 spiro atoms. The van der Waals surface area contributed by atoms with Gasteiger partial charge in [-0.3, -0.25) is 0 Å². The Bertz CT molecular complexity index is 1120. The predicted octanol–water partition coefficient (Wildman–Crippen LogP) is 3.87. The maximum Gasteiger partial charge on any atom is 0.335 e. The van der Waals surface area contributed by atoms with Crippen molar-refractivity contribution in [3.05, 3.63) is 144 Å². The van der Waals surface area contributed by atoms with Gasteiger partial charge in [0.15, 0.2) is 0 Å². The molecule has 0 saturated carbocycles. The molecule has 0 aromatic heterocycles. The first-order valence-electron chi connectivity index (χ1n) is 13.0. The van der Waals surface area contributed by atoms with Gasteiger partial charge in [0.25, 0.3) is 0 Å². The van der Waals surface area contributed by atoms with Gasteiger partial charge in [-0.25, -0.2) is 19.2 Å². The van der Waals surface area contributed by atoms with Gasteiger partial charge < -0.3 is 40.9 Å². The quantitative estimate of drug-likeness (QED) is 0.152. The minimum absolute atomic E-state index is 0.125. The molecule has 1 unspecified atom stereocenters. The van der Waals surface area contributed by atoms with Gasteiger partial charge >= 0.3 is 23.9 Å². The summed E-state index contributed by atoms with van der Waals surface area (Å²) in [7, 11) is 0. The first-order valence-corrected chi connectivity index (χ1v) is 13.0. The molecular weight excluding hydrogens is 588 g/mol. The van der Waals surface area contributed by atoms with E-state index in [0.29, 0.717) is 22.3 Å². The third kappa shape index (κ3) is 24.9. The molecule has 8 N–H and O–H groups in total. The third-order valence-electron chi connectivity index (χ3n) is 4.45. The number of carboxylic acid groups (broad SMARTS) is 4. The maximum atomic E-state index is 10.2. The number of benzene rings is 4. The molecule has 242 valence electrons. The van der Waals surface area contributed by atoms with E-state index in [1.54, 1.807) is 121 Å². The molecule has 0 bridgehead atoms. The molecule has 0 aliphatic heterocycles. The topological polar surface area (TPSA) is 230 Å². The number of rotatable bonds is 6. The number of hydrogen-bond acceptors (Lipinski definition) is 8. The molecule has 1 atom stereocenters. The zero-order chi connectivity index (χ0) is 34.5. The van der Waals surface area contributed by atoms with Gasteiger partial charge in [-0.05, 0) is 55.5 Å². The van der Waals surface area contributed by atoms with Gasteiger partial charge in [0.1, 0.15) is 0 Å². The van der Waals surface area contributed by atoms with Gasteiger partial charge in [-0.1, -0.05) is 72.8 Å². The van der Waals surface area contributed by atoms with Gasteiger partial charge in [0.05, 0.1) is 48.2 Å². The van der Waals surface area contributed by atoms with Crippen LogP contribution in [0.15, 0.2) is 121 Å². The van der Waals surface area contributed by atoms with Crippen molar-refractivity contribution >= 4 is 23.9 Å². The number of aromatic carboxylic acids is 4. The van der Waals surface area contributed by atoms with Gasteiger partial charge in [0.2, 0.25) is 0 Å². The number of hydrogen-bond donors (Lipinski definition) is 8. The van der Waals surface area contributed by atoms with E-state index in [-0.39, 0.29) is 19.8 Å². The summed E-state index contributed by atoms with van der Waals surface area (Å²) in [5.74, 6) is -3.52. The van der Waals surface area contributed by atoms with Crippen molar-refractivity contribution in [1.82, 2.24) is 0 Å². The van der Waals surface area contributed by atoms with Crippen LogP contribution in [0, 0.1) is 0 Å². The first kappa shape index (κ1) is 41.7. The van der Waals surface area contributed by atoms with Gasteiger partial charge in [0, 0.05) is 0 Å². The minimum atomic E-state index is -0.879. The standard InChI is InChI=1S/4C7H6O2.C3H8O2.C2H6O2/c4*8-7(9)6-4-2-1-3-5-6;1-3(5)2-4;3-1-2-4/h4*1-5H,(H,8,9);3-5H,2H2,1H3;3-4H,1-2H2. The zero-order valence-electron chi connectivity index (χ0n) is 24.5. The Morgan fingerprint density at radius 3 is 0.667 bits per heavy atom. The Kier molecular flexibility index (Phi) is 25.4. The fraction of sp³-hybridized carbons (Fsp3) is 0.152. The molecule has 4 rings (SSSR count). The van der Waals surface area contributed by atoms with Crippen molar-refractivity contribution < 1.29 is 60.0 Å². The lowest BCUT2D eigenvalue weighted by Crippen LogP contribution is -2.03. The SMILES string of the molecule is CC(O)CO.O=C(O)c1ccccc1.O=C(O)c1ccccc1.O=C(O)c1ccccc1.O=C(O)c1ccccc1.OCCO. The molecule has 0 heterocycles. The average molecular weight is 627 g/mol. The predicted molar refractivity (Wildman–Crippen MR) is 167 cm³/mol. The molecule has 0 aliphatic rings. The van der Waals surface area contributed by atoms with Crippen LogP contribution in [0.3, 0.4) is 0 Å². The lowest BCUT2D eigenvalue weighted by molar-refractivity contribution is 0.0686. The summed E-state index contributed by atoms with van der Waals surface area (Å²) < 4.78 is 0. The molecule has 12 heteroatoms. The van der Waals surface area contributed by atoms with Crippen LogP contribution in [0.4, 0.5) is 0 Å². The molecule has 0 aliphatic carbocycles. The summed E-state index contributed by atoms with van der Waals surface area (Å²) in [6.07, 6.45) is -0.560. The highest BCUT2D eigenvalue weighted by atomic mass is 16.4. The van der Waals surface area contributed by atoms with Crippen molar-refractivity contribution in [2.24, 2.45) is 0 Å². The van der Waals surface area contributed by atoms with Crippen LogP contribution in [0.2, 0.25) is 0 Å². The number of aliphatic hydroxyl groups excluding tert-OH is 4. The summed E-state index contributed by atoms with van der Waals surface area (Å²) in [6, 6.07) is 33.2. The minimum Gasteiger partial charge on any atom is -0.478 e. The Morgan fingerprint density at radius 2 is 0.600 bits per heavy atom. The summed E-state index contributed by atoms with van der Waals surface area (Å²) in [5, 5.41) is 64.8. The second kappa shape index (κ2) is 27.4. The first-order chi connectivity index (χ1) is 21.4. The second-order valence-corrected chi connectivity index (χ2v) is 8.16. The van der Waals surface area contributed by atoms with E-state index in [2.05, 4.69) is 0 Å². The summed E-state index contributed by atoms with van der Waals surface area (Å²) in [4.78, 5) is 40.8. The van der Waals surface area contributed by atoms with E-state index in [0.717, 1.165) is 0 Å². The van der Waals surface area contributed by atoms with Gasteiger partial charge in [-0.15, -0.1) is 0 Å². The van der Waals surface area contributed by atoms with E-state index < -0.39 is 30.0 Å². The Morgan fingerprint density at radius 1 is 0.444 bits per heavy atom. The monoisotopic (exact) mass is 626 g/mol. The van der Waals surface area contributed by atoms with Crippen LogP contribution >= 0.6 is 0 Å². The average Bonchev–Trinajstić information content (AvgIpc) is 3.07. The Balaban J connectivity index is 0. The van der Waals surface area contributed by atoms with Crippen molar-refractivity contribution in [2.45, 2.75) is 13.0 Å². The number of aliphatic hydroxyl groups is 4. The highest BCUT2D eigenvalue weighted by molar-refractivity contribution is 5.88. The van der Waals surface area contributed by atoms with E-state index in [1.807, 2.05) is 0 Å². The molecule has 0 amide bonds.